The maximum Gasteiger partial charge on any atom is 0.258 e. The van der Waals surface area contributed by atoms with E-state index in [0.717, 1.165) is 5.69 Å². The van der Waals surface area contributed by atoms with Crippen LogP contribution in [0.15, 0.2) is 53.3 Å². The second kappa shape index (κ2) is 7.13. The molecule has 1 saturated heterocycles. The average molecular weight is 383 g/mol. The van der Waals surface area contributed by atoms with Crippen LogP contribution in [0.3, 0.4) is 0 Å². The van der Waals surface area contributed by atoms with Crippen LogP contribution in [0.4, 0.5) is 5.69 Å². The Morgan fingerprint density at radius 2 is 1.93 bits per heavy atom. The first-order valence-corrected chi connectivity index (χ1v) is 9.16. The highest BCUT2D eigenvalue weighted by Gasteiger charge is 2.36. The second-order valence-corrected chi connectivity index (χ2v) is 7.10. The first-order valence-electron chi connectivity index (χ1n) is 8.78. The molecule has 6 nitrogen and oxygen atoms in total. The van der Waals surface area contributed by atoms with Gasteiger partial charge in [-0.2, -0.15) is 0 Å². The lowest BCUT2D eigenvalue weighted by atomic mass is 10.2. The third-order valence-corrected chi connectivity index (χ3v) is 5.23. The van der Waals surface area contributed by atoms with Gasteiger partial charge in [-0.15, -0.1) is 0 Å². The lowest BCUT2D eigenvalue weighted by molar-refractivity contribution is -0.121. The van der Waals surface area contributed by atoms with E-state index >= 15 is 0 Å². The minimum absolute atomic E-state index is 0.00809. The van der Waals surface area contributed by atoms with Crippen LogP contribution in [0.5, 0.6) is 0 Å². The van der Waals surface area contributed by atoms with E-state index < -0.39 is 0 Å². The standard InChI is InChI=1S/C20H19ClN4O2/c1-24(12-18-22-15-8-4-2-6-13(15)19(26)23-18)17-10-11-25(20(17)27)16-9-5-3-7-14(16)21/h2-9,17H,10-12H2,1H3,(H,22,23,26). The van der Waals surface area contributed by atoms with Gasteiger partial charge in [0.05, 0.1) is 34.2 Å². The van der Waals surface area contributed by atoms with Crippen molar-refractivity contribution in [3.63, 3.8) is 0 Å². The molecule has 3 aromatic rings. The summed E-state index contributed by atoms with van der Waals surface area (Å²) in [5, 5.41) is 1.13. The molecule has 1 unspecified atom stereocenters. The third kappa shape index (κ3) is 3.34. The second-order valence-electron chi connectivity index (χ2n) is 6.69. The van der Waals surface area contributed by atoms with Gasteiger partial charge < -0.3 is 9.88 Å². The molecule has 7 heteroatoms. The van der Waals surface area contributed by atoms with E-state index in [4.69, 9.17) is 11.6 Å². The summed E-state index contributed by atoms with van der Waals surface area (Å²) in [5.41, 5.74) is 1.22. The fourth-order valence-electron chi connectivity index (χ4n) is 3.54. The number of hydrogen-bond donors (Lipinski definition) is 1. The Labute approximate surface area is 161 Å². The van der Waals surface area contributed by atoms with Gasteiger partial charge >= 0.3 is 0 Å². The SMILES string of the molecule is CN(Cc1nc2ccccc2c(=O)[nH]1)C1CCN(c2ccccc2Cl)C1=O. The molecule has 4 rings (SSSR count). The van der Waals surface area contributed by atoms with Gasteiger partial charge in [0.25, 0.3) is 5.56 Å². The molecule has 0 bridgehead atoms. The van der Waals surface area contributed by atoms with Crippen LogP contribution in [0.25, 0.3) is 10.9 Å². The molecular weight excluding hydrogens is 364 g/mol. The van der Waals surface area contributed by atoms with Gasteiger partial charge in [0.15, 0.2) is 0 Å². The zero-order valence-corrected chi connectivity index (χ0v) is 15.6. The number of aromatic amines is 1. The van der Waals surface area contributed by atoms with E-state index in [-0.39, 0.29) is 17.5 Å². The summed E-state index contributed by atoms with van der Waals surface area (Å²) in [4.78, 5) is 36.1. The quantitative estimate of drug-likeness (QED) is 0.753. The number of amides is 1. The molecule has 1 N–H and O–H groups in total. The van der Waals surface area contributed by atoms with Crippen LogP contribution in [0, 0.1) is 0 Å². The zero-order chi connectivity index (χ0) is 19.0. The van der Waals surface area contributed by atoms with Crippen molar-refractivity contribution in [3.8, 4) is 0 Å². The number of fused-ring (bicyclic) bond motifs is 1. The average Bonchev–Trinajstić information content (AvgIpc) is 3.03. The number of nitrogens with one attached hydrogen (secondary N) is 1. The Bertz CT molecular complexity index is 1070. The Morgan fingerprint density at radius 1 is 1.19 bits per heavy atom. The van der Waals surface area contributed by atoms with Crippen LogP contribution in [-0.4, -0.2) is 40.4 Å². The number of H-pyrrole nitrogens is 1. The smallest absolute Gasteiger partial charge is 0.258 e. The van der Waals surface area contributed by atoms with Crippen molar-refractivity contribution in [1.29, 1.82) is 0 Å². The molecule has 2 aromatic carbocycles. The molecule has 1 aliphatic rings. The van der Waals surface area contributed by atoms with Gasteiger partial charge in [0.2, 0.25) is 5.91 Å². The molecule has 1 atom stereocenters. The maximum atomic E-state index is 12.9. The Morgan fingerprint density at radius 3 is 2.74 bits per heavy atom. The molecule has 1 fully saturated rings. The molecule has 138 valence electrons. The van der Waals surface area contributed by atoms with Crippen LogP contribution in [0.2, 0.25) is 5.02 Å². The molecular formula is C20H19ClN4O2. The predicted octanol–water partition coefficient (Wildman–Crippen LogP) is 2.81. The van der Waals surface area contributed by atoms with Gasteiger partial charge in [-0.3, -0.25) is 14.5 Å². The van der Waals surface area contributed by atoms with Crippen molar-refractivity contribution in [2.75, 3.05) is 18.5 Å². The predicted molar refractivity (Wildman–Crippen MR) is 106 cm³/mol. The lowest BCUT2D eigenvalue weighted by Gasteiger charge is -2.23. The fourth-order valence-corrected chi connectivity index (χ4v) is 3.78. The minimum atomic E-state index is -0.280. The van der Waals surface area contributed by atoms with Crippen LogP contribution < -0.4 is 10.5 Å². The first-order chi connectivity index (χ1) is 13.0. The molecule has 1 aliphatic heterocycles. The number of anilines is 1. The lowest BCUT2D eigenvalue weighted by Crippen LogP contribution is -2.40. The van der Waals surface area contributed by atoms with E-state index in [1.165, 1.54) is 0 Å². The summed E-state index contributed by atoms with van der Waals surface area (Å²) in [5.74, 6) is 0.555. The van der Waals surface area contributed by atoms with E-state index in [2.05, 4.69) is 9.97 Å². The number of benzene rings is 2. The van der Waals surface area contributed by atoms with E-state index in [1.807, 2.05) is 48.3 Å². The Balaban J connectivity index is 1.54. The van der Waals surface area contributed by atoms with Crippen molar-refractivity contribution < 1.29 is 4.79 Å². The fraction of sp³-hybridized carbons (Fsp3) is 0.250. The van der Waals surface area contributed by atoms with Crippen LogP contribution in [0.1, 0.15) is 12.2 Å². The Kier molecular flexibility index (Phi) is 4.68. The van der Waals surface area contributed by atoms with Gasteiger partial charge in [-0.1, -0.05) is 35.9 Å². The molecule has 0 spiro atoms. The molecule has 0 saturated carbocycles. The van der Waals surface area contributed by atoms with Crippen LogP contribution in [-0.2, 0) is 11.3 Å². The summed E-state index contributed by atoms with van der Waals surface area (Å²) in [6, 6.07) is 14.3. The zero-order valence-electron chi connectivity index (χ0n) is 14.9. The van der Waals surface area contributed by atoms with E-state index in [9.17, 15) is 9.59 Å². The monoisotopic (exact) mass is 382 g/mol. The van der Waals surface area contributed by atoms with E-state index in [0.29, 0.717) is 41.3 Å². The maximum absolute atomic E-state index is 12.9. The molecule has 0 aliphatic carbocycles. The van der Waals surface area contributed by atoms with Crippen LogP contribution >= 0.6 is 11.6 Å². The van der Waals surface area contributed by atoms with Crippen molar-refractivity contribution in [1.82, 2.24) is 14.9 Å². The molecule has 2 heterocycles. The van der Waals surface area contributed by atoms with Crippen molar-refractivity contribution in [2.24, 2.45) is 0 Å². The van der Waals surface area contributed by atoms with Crippen molar-refractivity contribution in [3.05, 3.63) is 69.7 Å². The molecule has 1 amide bonds. The normalized spacial score (nSPS) is 17.2. The number of carbonyl (C=O) groups is 1. The van der Waals surface area contributed by atoms with E-state index in [1.54, 1.807) is 17.0 Å². The van der Waals surface area contributed by atoms with Gasteiger partial charge in [0.1, 0.15) is 5.82 Å². The Hall–Kier alpha value is -2.70. The summed E-state index contributed by atoms with van der Waals surface area (Å²) in [7, 11) is 1.87. The number of carbonyl (C=O) groups excluding carboxylic acids is 1. The highest BCUT2D eigenvalue weighted by Crippen LogP contribution is 2.30. The van der Waals surface area contributed by atoms with Gasteiger partial charge in [0, 0.05) is 6.54 Å². The molecule has 1 aromatic heterocycles. The number of likely N-dealkylation sites (N-methyl/N-ethyl adjacent to an activating group) is 1. The summed E-state index contributed by atoms with van der Waals surface area (Å²) < 4.78 is 0. The number of para-hydroxylation sites is 2. The minimum Gasteiger partial charge on any atom is -0.310 e. The van der Waals surface area contributed by atoms with Gasteiger partial charge in [-0.25, -0.2) is 4.98 Å². The first kappa shape index (κ1) is 17.7. The number of nitrogens with zero attached hydrogens (tertiary/aromatic N) is 3. The largest absolute Gasteiger partial charge is 0.310 e. The molecule has 0 radical (unpaired) electrons. The highest BCUT2D eigenvalue weighted by atomic mass is 35.5. The van der Waals surface area contributed by atoms with Crippen molar-refractivity contribution in [2.45, 2.75) is 19.0 Å². The third-order valence-electron chi connectivity index (χ3n) is 4.91. The summed E-state index contributed by atoms with van der Waals surface area (Å²) in [6.07, 6.45) is 0.693. The van der Waals surface area contributed by atoms with Gasteiger partial charge in [-0.05, 0) is 37.7 Å². The summed E-state index contributed by atoms with van der Waals surface area (Å²) >= 11 is 6.24. The number of halogens is 1. The van der Waals surface area contributed by atoms with Crippen molar-refractivity contribution >= 4 is 34.1 Å². The number of aromatic nitrogens is 2. The topological polar surface area (TPSA) is 69.3 Å². The highest BCUT2D eigenvalue weighted by molar-refractivity contribution is 6.33. The number of rotatable bonds is 4. The summed E-state index contributed by atoms with van der Waals surface area (Å²) in [6.45, 7) is 0.992. The number of hydrogen-bond acceptors (Lipinski definition) is 4. The molecule has 27 heavy (non-hydrogen) atoms.